The number of nitriles is 1. The van der Waals surface area contributed by atoms with Crippen molar-refractivity contribution in [3.63, 3.8) is 0 Å². The molecule has 2 N–H and O–H groups in total. The number of hydrogen-bond acceptors (Lipinski definition) is 7. The van der Waals surface area contributed by atoms with Gasteiger partial charge < -0.3 is 10.1 Å². The predicted octanol–water partition coefficient (Wildman–Crippen LogP) is 4.14. The molecule has 1 aliphatic rings. The van der Waals surface area contributed by atoms with Crippen molar-refractivity contribution in [2.75, 3.05) is 5.75 Å². The molecular formula is C24H21F3N6O4S. The lowest BCUT2D eigenvalue weighted by atomic mass is 10.0. The van der Waals surface area contributed by atoms with Crippen molar-refractivity contribution >= 4 is 26.8 Å². The van der Waals surface area contributed by atoms with E-state index < -0.39 is 28.0 Å². The van der Waals surface area contributed by atoms with Crippen molar-refractivity contribution < 1.29 is 31.5 Å². The van der Waals surface area contributed by atoms with E-state index in [0.29, 0.717) is 4.90 Å². The number of sulfone groups is 1. The van der Waals surface area contributed by atoms with E-state index in [0.717, 1.165) is 40.7 Å². The lowest BCUT2D eigenvalue weighted by Crippen LogP contribution is -2.21. The summed E-state index contributed by atoms with van der Waals surface area (Å²) >= 11 is 0. The topological polar surface area (TPSA) is 155 Å². The van der Waals surface area contributed by atoms with Crippen molar-refractivity contribution in [3.05, 3.63) is 60.8 Å². The molecule has 0 saturated heterocycles. The van der Waals surface area contributed by atoms with E-state index >= 15 is 0 Å². The summed E-state index contributed by atoms with van der Waals surface area (Å²) in [6.45, 7) is 0. The molecule has 3 aromatic heterocycles. The molecule has 4 aromatic rings. The highest BCUT2D eigenvalue weighted by Gasteiger charge is 2.38. The van der Waals surface area contributed by atoms with Gasteiger partial charge in [-0.2, -0.15) is 23.5 Å². The average molecular weight is 547 g/mol. The van der Waals surface area contributed by atoms with E-state index in [-0.39, 0.29) is 18.1 Å². The number of nitrogens with zero attached hydrogens (tertiary/aromatic N) is 5. The number of alkyl halides is 3. The van der Waals surface area contributed by atoms with Gasteiger partial charge in [-0.1, -0.05) is 12.1 Å². The first kappa shape index (κ1) is 26.8. The Morgan fingerprint density at radius 2 is 2.00 bits per heavy atom. The van der Waals surface area contributed by atoms with Gasteiger partial charge in [0.25, 0.3) is 0 Å². The van der Waals surface area contributed by atoms with E-state index in [4.69, 9.17) is 9.90 Å². The first-order valence-corrected chi connectivity index (χ1v) is 13.0. The highest BCUT2D eigenvalue weighted by Crippen LogP contribution is 2.33. The second kappa shape index (κ2) is 10.6. The van der Waals surface area contributed by atoms with Gasteiger partial charge in [0.05, 0.1) is 41.1 Å². The number of fused-ring (bicyclic) bond motifs is 1. The number of carboxylic acid groups (broad SMARTS) is 1. The van der Waals surface area contributed by atoms with Crippen LogP contribution in [0.2, 0.25) is 0 Å². The zero-order valence-corrected chi connectivity index (χ0v) is 20.4. The fourth-order valence-electron chi connectivity index (χ4n) is 3.79. The Morgan fingerprint density at radius 1 is 1.26 bits per heavy atom. The third kappa shape index (κ3) is 6.17. The predicted molar refractivity (Wildman–Crippen MR) is 128 cm³/mol. The van der Waals surface area contributed by atoms with Crippen LogP contribution in [0, 0.1) is 17.2 Å². The molecule has 0 bridgehead atoms. The van der Waals surface area contributed by atoms with Gasteiger partial charge in [-0.25, -0.2) is 23.2 Å². The van der Waals surface area contributed by atoms with Gasteiger partial charge >= 0.3 is 12.1 Å². The van der Waals surface area contributed by atoms with Gasteiger partial charge in [0, 0.05) is 23.3 Å². The summed E-state index contributed by atoms with van der Waals surface area (Å²) in [6.07, 6.45) is 3.87. The maximum absolute atomic E-state index is 12.7. The molecular weight excluding hydrogens is 525 g/mol. The molecule has 14 heteroatoms. The van der Waals surface area contributed by atoms with Crippen molar-refractivity contribution in [2.24, 2.45) is 5.92 Å². The monoisotopic (exact) mass is 546 g/mol. The Hall–Kier alpha value is -4.25. The van der Waals surface area contributed by atoms with Gasteiger partial charge in [-0.3, -0.25) is 4.68 Å². The minimum Gasteiger partial charge on any atom is -0.475 e. The van der Waals surface area contributed by atoms with Crippen LogP contribution in [-0.2, 0) is 14.6 Å². The second-order valence-electron chi connectivity index (χ2n) is 8.65. The van der Waals surface area contributed by atoms with Gasteiger partial charge in [0.1, 0.15) is 12.0 Å². The number of rotatable bonds is 7. The largest absolute Gasteiger partial charge is 0.490 e. The van der Waals surface area contributed by atoms with Crippen LogP contribution in [0.15, 0.2) is 60.1 Å². The second-order valence-corrected chi connectivity index (χ2v) is 10.7. The highest BCUT2D eigenvalue weighted by atomic mass is 32.2. The van der Waals surface area contributed by atoms with Crippen molar-refractivity contribution in [1.29, 1.82) is 5.26 Å². The van der Waals surface area contributed by atoms with Crippen LogP contribution in [0.1, 0.15) is 30.9 Å². The van der Waals surface area contributed by atoms with Crippen LogP contribution < -0.4 is 0 Å². The molecule has 1 unspecified atom stereocenters. The van der Waals surface area contributed by atoms with Gasteiger partial charge in [0.2, 0.25) is 0 Å². The van der Waals surface area contributed by atoms with Crippen LogP contribution in [-0.4, -0.2) is 56.2 Å². The highest BCUT2D eigenvalue weighted by molar-refractivity contribution is 7.91. The molecule has 198 valence electrons. The van der Waals surface area contributed by atoms with Crippen LogP contribution in [0.25, 0.3) is 22.3 Å². The van der Waals surface area contributed by atoms with E-state index in [2.05, 4.69) is 26.1 Å². The fraction of sp³-hybridized carbons (Fsp3) is 0.292. The Labute approximate surface area is 214 Å². The van der Waals surface area contributed by atoms with Gasteiger partial charge in [0.15, 0.2) is 9.84 Å². The molecule has 0 amide bonds. The minimum absolute atomic E-state index is 0.163. The zero-order valence-electron chi connectivity index (χ0n) is 19.6. The van der Waals surface area contributed by atoms with Crippen LogP contribution in [0.3, 0.4) is 0 Å². The van der Waals surface area contributed by atoms with Crippen molar-refractivity contribution in [3.8, 4) is 17.3 Å². The molecule has 38 heavy (non-hydrogen) atoms. The van der Waals surface area contributed by atoms with Crippen LogP contribution in [0.5, 0.6) is 0 Å². The number of aromatic nitrogens is 5. The number of carbonyl (C=O) groups is 1. The van der Waals surface area contributed by atoms with E-state index in [1.54, 1.807) is 35.3 Å². The molecule has 0 spiro atoms. The standard InChI is InChI=1S/C22H20N6O2S.C2HF3O2/c23-8-6-20(16-2-1-3-18(10-16)31(29,30)13-15-4-5-15)28-12-17(11-27-28)21-19-7-9-24-22(19)26-14-25-21;3-2(4,5)1(6)7/h1-3,7,9-12,14-15,20H,4-6,13H2,(H,24,25,26);(H,6,7). The number of benzene rings is 1. The summed E-state index contributed by atoms with van der Waals surface area (Å²) in [4.78, 5) is 20.9. The smallest absolute Gasteiger partial charge is 0.475 e. The number of hydrogen-bond donors (Lipinski definition) is 2. The molecule has 3 heterocycles. The molecule has 0 aliphatic heterocycles. The lowest BCUT2D eigenvalue weighted by molar-refractivity contribution is -0.192. The molecule has 0 radical (unpaired) electrons. The van der Waals surface area contributed by atoms with Gasteiger partial charge in [-0.15, -0.1) is 0 Å². The number of aromatic amines is 1. The normalized spacial score (nSPS) is 14.4. The Balaban J connectivity index is 0.000000426. The number of nitrogens with one attached hydrogen (secondary N) is 1. The Bertz CT molecular complexity index is 1600. The Kier molecular flexibility index (Phi) is 7.49. The zero-order chi connectivity index (χ0) is 27.5. The molecule has 1 saturated carbocycles. The third-order valence-corrected chi connectivity index (χ3v) is 7.71. The summed E-state index contributed by atoms with van der Waals surface area (Å²) in [6, 6.07) is 10.6. The minimum atomic E-state index is -5.08. The lowest BCUT2D eigenvalue weighted by Gasteiger charge is -2.16. The fourth-order valence-corrected chi connectivity index (χ4v) is 5.54. The first-order chi connectivity index (χ1) is 18.0. The van der Waals surface area contributed by atoms with E-state index in [1.165, 1.54) is 6.33 Å². The molecule has 1 aromatic carbocycles. The molecule has 5 rings (SSSR count). The summed E-state index contributed by atoms with van der Waals surface area (Å²) in [7, 11) is -3.34. The van der Waals surface area contributed by atoms with E-state index in [9.17, 15) is 26.9 Å². The Morgan fingerprint density at radius 3 is 2.66 bits per heavy atom. The number of halogens is 3. The summed E-state index contributed by atoms with van der Waals surface area (Å²) in [5.41, 5.74) is 3.02. The maximum Gasteiger partial charge on any atom is 0.490 e. The summed E-state index contributed by atoms with van der Waals surface area (Å²) < 4.78 is 58.9. The molecule has 10 nitrogen and oxygen atoms in total. The van der Waals surface area contributed by atoms with Gasteiger partial charge in [-0.05, 0) is 42.5 Å². The van der Waals surface area contributed by atoms with Crippen LogP contribution in [0.4, 0.5) is 13.2 Å². The summed E-state index contributed by atoms with van der Waals surface area (Å²) in [5, 5.41) is 21.9. The molecule has 1 atom stereocenters. The quantitative estimate of drug-likeness (QED) is 0.350. The maximum atomic E-state index is 12.7. The molecule has 1 fully saturated rings. The SMILES string of the molecule is N#CCC(c1cccc(S(=O)(=O)CC2CC2)c1)n1cc(-c2ncnc3[nH]ccc23)cn1.O=C(O)C(F)(F)F. The first-order valence-electron chi connectivity index (χ1n) is 11.3. The molecule has 1 aliphatic carbocycles. The van der Waals surface area contributed by atoms with E-state index in [1.807, 2.05) is 18.3 Å². The number of aliphatic carboxylic acids is 1. The van der Waals surface area contributed by atoms with Crippen LogP contribution >= 0.6 is 0 Å². The summed E-state index contributed by atoms with van der Waals surface area (Å²) in [5.74, 6) is -2.30. The van der Waals surface area contributed by atoms with Crippen molar-refractivity contribution in [1.82, 2.24) is 24.7 Å². The van der Waals surface area contributed by atoms with Crippen molar-refractivity contribution in [2.45, 2.75) is 36.4 Å². The third-order valence-electron chi connectivity index (χ3n) is 5.83. The average Bonchev–Trinajstić information content (AvgIpc) is 3.32. The number of H-pyrrole nitrogens is 1. The number of carboxylic acids is 1.